The normalized spacial score (nSPS) is 18.7. The fraction of sp³-hybridized carbons (Fsp3) is 0.419. The van der Waals surface area contributed by atoms with E-state index in [0.29, 0.717) is 35.6 Å². The van der Waals surface area contributed by atoms with Gasteiger partial charge in [0.05, 0.1) is 18.1 Å². The number of ketones is 1. The summed E-state index contributed by atoms with van der Waals surface area (Å²) in [4.78, 5) is 27.1. The maximum atomic E-state index is 13.6. The van der Waals surface area contributed by atoms with Crippen molar-refractivity contribution in [3.05, 3.63) is 82.7 Å². The average Bonchev–Trinajstić information content (AvgIpc) is 2.86. The second-order valence-electron chi connectivity index (χ2n) is 10.5. The van der Waals surface area contributed by atoms with Gasteiger partial charge in [-0.1, -0.05) is 63.6 Å². The summed E-state index contributed by atoms with van der Waals surface area (Å²) in [5, 5.41) is 3.39. The van der Waals surface area contributed by atoms with Crippen LogP contribution in [0.3, 0.4) is 0 Å². The first-order chi connectivity index (χ1) is 17.8. The van der Waals surface area contributed by atoms with Crippen molar-refractivity contribution in [3.8, 4) is 11.5 Å². The van der Waals surface area contributed by atoms with E-state index in [-0.39, 0.29) is 24.4 Å². The number of carbonyl (C=O) groups excluding carboxylic acids is 2. The Morgan fingerprint density at radius 2 is 1.70 bits per heavy atom. The SMILES string of the molecule is CCCCOc1ccccc1C1C(C(=O)OCCOc2ccccc2)=C(C)NC2=C1C(=O)CC(C)(C)C2. The molecule has 1 N–H and O–H groups in total. The first-order valence-corrected chi connectivity index (χ1v) is 13.1. The van der Waals surface area contributed by atoms with E-state index in [9.17, 15) is 9.59 Å². The number of nitrogens with one attached hydrogen (secondary N) is 1. The summed E-state index contributed by atoms with van der Waals surface area (Å²) >= 11 is 0. The maximum Gasteiger partial charge on any atom is 0.336 e. The van der Waals surface area contributed by atoms with Crippen molar-refractivity contribution in [3.63, 3.8) is 0 Å². The van der Waals surface area contributed by atoms with Crippen LogP contribution in [0.2, 0.25) is 0 Å². The highest BCUT2D eigenvalue weighted by Crippen LogP contribution is 2.48. The van der Waals surface area contributed by atoms with Gasteiger partial charge in [0, 0.05) is 29.0 Å². The van der Waals surface area contributed by atoms with Crippen molar-refractivity contribution in [1.82, 2.24) is 5.32 Å². The minimum Gasteiger partial charge on any atom is -0.493 e. The van der Waals surface area contributed by atoms with Crippen LogP contribution in [-0.2, 0) is 14.3 Å². The number of ether oxygens (including phenoxy) is 3. The molecule has 2 aliphatic rings. The van der Waals surface area contributed by atoms with Crippen molar-refractivity contribution in [2.45, 2.75) is 59.3 Å². The Morgan fingerprint density at radius 1 is 0.973 bits per heavy atom. The second kappa shape index (κ2) is 11.7. The molecule has 0 aromatic heterocycles. The molecule has 4 rings (SSSR count). The monoisotopic (exact) mass is 503 g/mol. The zero-order valence-electron chi connectivity index (χ0n) is 22.3. The number of esters is 1. The van der Waals surface area contributed by atoms with Gasteiger partial charge in [0.25, 0.3) is 0 Å². The summed E-state index contributed by atoms with van der Waals surface area (Å²) < 4.78 is 17.5. The highest BCUT2D eigenvalue weighted by molar-refractivity contribution is 6.04. The van der Waals surface area contributed by atoms with Crippen molar-refractivity contribution in [1.29, 1.82) is 0 Å². The van der Waals surface area contributed by atoms with Crippen LogP contribution in [0, 0.1) is 5.41 Å². The number of hydrogen-bond acceptors (Lipinski definition) is 6. The molecule has 0 radical (unpaired) electrons. The molecule has 1 aliphatic carbocycles. The van der Waals surface area contributed by atoms with Gasteiger partial charge in [-0.05, 0) is 43.4 Å². The number of benzene rings is 2. The Balaban J connectivity index is 1.64. The molecule has 0 bridgehead atoms. The molecule has 0 saturated carbocycles. The number of para-hydroxylation sites is 2. The van der Waals surface area contributed by atoms with Gasteiger partial charge in [-0.25, -0.2) is 4.79 Å². The molecule has 0 amide bonds. The molecule has 37 heavy (non-hydrogen) atoms. The topological polar surface area (TPSA) is 73.9 Å². The minimum atomic E-state index is -0.555. The summed E-state index contributed by atoms with van der Waals surface area (Å²) in [5.41, 5.74) is 3.33. The Morgan fingerprint density at radius 3 is 2.46 bits per heavy atom. The number of Topliss-reactive ketones (excluding diaryl/α,β-unsaturated/α-hetero) is 1. The Kier molecular flexibility index (Phi) is 8.37. The lowest BCUT2D eigenvalue weighted by Gasteiger charge is -2.39. The van der Waals surface area contributed by atoms with E-state index in [4.69, 9.17) is 14.2 Å². The quantitative estimate of drug-likeness (QED) is 0.312. The van der Waals surface area contributed by atoms with Gasteiger partial charge >= 0.3 is 5.97 Å². The Bertz CT molecular complexity index is 1200. The van der Waals surface area contributed by atoms with Crippen molar-refractivity contribution in [2.75, 3.05) is 19.8 Å². The van der Waals surface area contributed by atoms with Gasteiger partial charge in [0.1, 0.15) is 24.7 Å². The number of hydrogen-bond donors (Lipinski definition) is 1. The summed E-state index contributed by atoms with van der Waals surface area (Å²) in [5.74, 6) is 0.448. The van der Waals surface area contributed by atoms with E-state index < -0.39 is 11.9 Å². The summed E-state index contributed by atoms with van der Waals surface area (Å²) in [6.07, 6.45) is 3.09. The lowest BCUT2D eigenvalue weighted by Crippen LogP contribution is -2.39. The molecule has 2 aromatic rings. The molecule has 6 nitrogen and oxygen atoms in total. The molecule has 196 valence electrons. The number of unbranched alkanes of at least 4 members (excludes halogenated alkanes) is 1. The molecule has 0 saturated heterocycles. The summed E-state index contributed by atoms with van der Waals surface area (Å²) in [6.45, 7) is 9.09. The lowest BCUT2D eigenvalue weighted by atomic mass is 9.68. The molecule has 1 aliphatic heterocycles. The van der Waals surface area contributed by atoms with Gasteiger partial charge in [-0.3, -0.25) is 4.79 Å². The van der Waals surface area contributed by atoms with Crippen LogP contribution in [-0.4, -0.2) is 31.6 Å². The highest BCUT2D eigenvalue weighted by atomic mass is 16.6. The smallest absolute Gasteiger partial charge is 0.336 e. The van der Waals surface area contributed by atoms with Crippen LogP contribution in [0.4, 0.5) is 0 Å². The minimum absolute atomic E-state index is 0.0531. The van der Waals surface area contributed by atoms with E-state index in [1.54, 1.807) is 0 Å². The summed E-state index contributed by atoms with van der Waals surface area (Å²) in [6, 6.07) is 17.1. The van der Waals surface area contributed by atoms with Crippen LogP contribution in [0.5, 0.6) is 11.5 Å². The molecule has 1 heterocycles. The van der Waals surface area contributed by atoms with Gasteiger partial charge in [0.2, 0.25) is 0 Å². The van der Waals surface area contributed by atoms with Crippen LogP contribution in [0.25, 0.3) is 0 Å². The number of allylic oxidation sites excluding steroid dienone is 3. The molecule has 0 fully saturated rings. The molecule has 0 spiro atoms. The number of rotatable bonds is 10. The van der Waals surface area contributed by atoms with E-state index in [2.05, 4.69) is 26.1 Å². The second-order valence-corrected chi connectivity index (χ2v) is 10.5. The molecule has 2 aromatic carbocycles. The van der Waals surface area contributed by atoms with E-state index in [0.717, 1.165) is 36.3 Å². The predicted octanol–water partition coefficient (Wildman–Crippen LogP) is 6.09. The van der Waals surface area contributed by atoms with Crippen LogP contribution in [0.1, 0.15) is 64.9 Å². The lowest BCUT2D eigenvalue weighted by molar-refractivity contribution is -0.140. The van der Waals surface area contributed by atoms with Gasteiger partial charge < -0.3 is 19.5 Å². The molecule has 6 heteroatoms. The first kappa shape index (κ1) is 26.5. The zero-order chi connectivity index (χ0) is 26.4. The maximum absolute atomic E-state index is 13.6. The van der Waals surface area contributed by atoms with E-state index in [1.807, 2.05) is 61.5 Å². The molecular formula is C31H37NO5. The number of carbonyl (C=O) groups is 2. The third-order valence-corrected chi connectivity index (χ3v) is 6.77. The van der Waals surface area contributed by atoms with Crippen LogP contribution in [0.15, 0.2) is 77.1 Å². The third kappa shape index (κ3) is 6.24. The van der Waals surface area contributed by atoms with Crippen molar-refractivity contribution < 1.29 is 23.8 Å². The fourth-order valence-electron chi connectivity index (χ4n) is 5.08. The Hall–Kier alpha value is -3.54. The molecule has 1 atom stereocenters. The van der Waals surface area contributed by atoms with Gasteiger partial charge in [-0.2, -0.15) is 0 Å². The van der Waals surface area contributed by atoms with Crippen LogP contribution < -0.4 is 14.8 Å². The van der Waals surface area contributed by atoms with E-state index in [1.165, 1.54) is 0 Å². The Labute approximate surface area is 219 Å². The predicted molar refractivity (Wildman–Crippen MR) is 143 cm³/mol. The molecular weight excluding hydrogens is 466 g/mol. The number of dihydropyridines is 1. The van der Waals surface area contributed by atoms with Gasteiger partial charge in [0.15, 0.2) is 5.78 Å². The standard InChI is InChI=1S/C31H37NO5/c1-5-6-16-36-26-15-11-10-14-23(26)28-27(30(34)37-18-17-35-22-12-8-7-9-13-22)21(2)32-24-19-31(3,4)20-25(33)29(24)28/h7-15,28,32H,5-6,16-20H2,1-4H3. The fourth-order valence-corrected chi connectivity index (χ4v) is 5.08. The summed E-state index contributed by atoms with van der Waals surface area (Å²) in [7, 11) is 0. The van der Waals surface area contributed by atoms with Gasteiger partial charge in [-0.15, -0.1) is 0 Å². The average molecular weight is 504 g/mol. The van der Waals surface area contributed by atoms with Crippen LogP contribution >= 0.6 is 0 Å². The van der Waals surface area contributed by atoms with Crippen molar-refractivity contribution >= 4 is 11.8 Å². The largest absolute Gasteiger partial charge is 0.493 e. The van der Waals surface area contributed by atoms with Crippen molar-refractivity contribution in [2.24, 2.45) is 5.41 Å². The first-order valence-electron chi connectivity index (χ1n) is 13.1. The highest BCUT2D eigenvalue weighted by Gasteiger charge is 2.44. The third-order valence-electron chi connectivity index (χ3n) is 6.77. The molecule has 1 unspecified atom stereocenters. The zero-order valence-corrected chi connectivity index (χ0v) is 22.3. The van der Waals surface area contributed by atoms with E-state index >= 15 is 0 Å².